The summed E-state index contributed by atoms with van der Waals surface area (Å²) in [5.41, 5.74) is 0.924. The zero-order valence-electron chi connectivity index (χ0n) is 7.64. The van der Waals surface area contributed by atoms with E-state index in [9.17, 15) is 4.79 Å². The molecule has 13 heavy (non-hydrogen) atoms. The van der Waals surface area contributed by atoms with Crippen LogP contribution < -0.4 is 0 Å². The van der Waals surface area contributed by atoms with E-state index in [0.29, 0.717) is 13.1 Å². The Hall–Kier alpha value is -1.64. The molecule has 0 saturated heterocycles. The van der Waals surface area contributed by atoms with Crippen LogP contribution in [0.1, 0.15) is 12.6 Å². The first-order chi connectivity index (χ1) is 6.35. The highest BCUT2D eigenvalue weighted by Gasteiger charge is 1.77. The Kier molecular flexibility index (Phi) is 7.39. The SMILES string of the molecule is C=Cc1ccccn1.CCOC=O. The molecule has 0 aliphatic carbocycles. The van der Waals surface area contributed by atoms with Crippen molar-refractivity contribution in [1.82, 2.24) is 4.98 Å². The Morgan fingerprint density at radius 3 is 2.62 bits per heavy atom. The lowest BCUT2D eigenvalue weighted by Gasteiger charge is -1.84. The van der Waals surface area contributed by atoms with Crippen LogP contribution in [0, 0.1) is 0 Å². The Bertz CT molecular complexity index is 234. The van der Waals surface area contributed by atoms with Crippen LogP contribution in [-0.2, 0) is 9.53 Å². The third-order valence-corrected chi connectivity index (χ3v) is 1.13. The van der Waals surface area contributed by atoms with E-state index in [1.807, 2.05) is 18.2 Å². The molecule has 0 N–H and O–H groups in total. The van der Waals surface area contributed by atoms with Crippen LogP contribution in [0.5, 0.6) is 0 Å². The molecule has 1 heterocycles. The van der Waals surface area contributed by atoms with E-state index in [1.165, 1.54) is 0 Å². The highest BCUT2D eigenvalue weighted by molar-refractivity contribution is 5.40. The maximum Gasteiger partial charge on any atom is 0.293 e. The van der Waals surface area contributed by atoms with Gasteiger partial charge in [0.1, 0.15) is 0 Å². The minimum Gasteiger partial charge on any atom is -0.468 e. The second kappa shape index (κ2) is 8.46. The summed E-state index contributed by atoms with van der Waals surface area (Å²) in [7, 11) is 0. The normalized spacial score (nSPS) is 7.77. The van der Waals surface area contributed by atoms with Crippen molar-refractivity contribution in [3.63, 3.8) is 0 Å². The van der Waals surface area contributed by atoms with E-state index in [4.69, 9.17) is 0 Å². The van der Waals surface area contributed by atoms with E-state index >= 15 is 0 Å². The molecule has 3 heteroatoms. The van der Waals surface area contributed by atoms with Gasteiger partial charge in [-0.25, -0.2) is 0 Å². The van der Waals surface area contributed by atoms with Gasteiger partial charge in [0.05, 0.1) is 12.3 Å². The number of pyridine rings is 1. The molecule has 1 aromatic heterocycles. The number of hydrogen-bond donors (Lipinski definition) is 0. The van der Waals surface area contributed by atoms with Gasteiger partial charge < -0.3 is 4.74 Å². The zero-order valence-corrected chi connectivity index (χ0v) is 7.64. The Labute approximate surface area is 78.1 Å². The molecule has 0 amide bonds. The summed E-state index contributed by atoms with van der Waals surface area (Å²) in [6.45, 7) is 6.23. The fourth-order valence-corrected chi connectivity index (χ4v) is 0.565. The molecule has 0 radical (unpaired) electrons. The van der Waals surface area contributed by atoms with Gasteiger partial charge in [-0.05, 0) is 25.1 Å². The minimum atomic E-state index is 0.431. The number of nitrogens with zero attached hydrogens (tertiary/aromatic N) is 1. The van der Waals surface area contributed by atoms with Crippen molar-refractivity contribution in [2.45, 2.75) is 6.92 Å². The average molecular weight is 179 g/mol. The van der Waals surface area contributed by atoms with Gasteiger partial charge in [0.25, 0.3) is 6.47 Å². The standard InChI is InChI=1S/C7H7N.C3H6O2/c1-2-7-5-3-4-6-8-7;1-2-5-3-4/h2-6H,1H2;3H,2H2,1H3. The quantitative estimate of drug-likeness (QED) is 0.665. The van der Waals surface area contributed by atoms with Crippen LogP contribution >= 0.6 is 0 Å². The molecular formula is C10H13NO2. The Balaban J connectivity index is 0.000000252. The van der Waals surface area contributed by atoms with Crippen LogP contribution in [0.3, 0.4) is 0 Å². The largest absolute Gasteiger partial charge is 0.468 e. The first kappa shape index (κ1) is 11.4. The molecule has 0 spiro atoms. The van der Waals surface area contributed by atoms with Gasteiger partial charge in [-0.2, -0.15) is 0 Å². The molecule has 0 saturated carbocycles. The zero-order chi connectivity index (χ0) is 9.94. The minimum absolute atomic E-state index is 0.431. The van der Waals surface area contributed by atoms with E-state index in [2.05, 4.69) is 16.3 Å². The lowest BCUT2D eigenvalue weighted by Crippen LogP contribution is -1.80. The third-order valence-electron chi connectivity index (χ3n) is 1.13. The van der Waals surface area contributed by atoms with Gasteiger partial charge in [-0.15, -0.1) is 0 Å². The molecule has 0 aromatic carbocycles. The molecule has 0 unspecified atom stereocenters. The van der Waals surface area contributed by atoms with Crippen molar-refractivity contribution in [1.29, 1.82) is 0 Å². The van der Waals surface area contributed by atoms with E-state index in [1.54, 1.807) is 19.2 Å². The summed E-state index contributed by atoms with van der Waals surface area (Å²) >= 11 is 0. The number of hydrogen-bond acceptors (Lipinski definition) is 3. The highest BCUT2D eigenvalue weighted by Crippen LogP contribution is 1.91. The predicted octanol–water partition coefficient (Wildman–Crippen LogP) is 1.90. The maximum atomic E-state index is 9.18. The van der Waals surface area contributed by atoms with Gasteiger partial charge >= 0.3 is 0 Å². The maximum absolute atomic E-state index is 9.18. The molecular weight excluding hydrogens is 166 g/mol. The van der Waals surface area contributed by atoms with Gasteiger partial charge in [-0.1, -0.05) is 12.6 Å². The number of aromatic nitrogens is 1. The van der Waals surface area contributed by atoms with Crippen LogP contribution in [0.25, 0.3) is 6.08 Å². The van der Waals surface area contributed by atoms with Crippen LogP contribution in [0.4, 0.5) is 0 Å². The van der Waals surface area contributed by atoms with E-state index < -0.39 is 0 Å². The molecule has 1 rings (SSSR count). The summed E-state index contributed by atoms with van der Waals surface area (Å²) in [4.78, 5) is 13.2. The second-order valence-electron chi connectivity index (χ2n) is 2.01. The highest BCUT2D eigenvalue weighted by atomic mass is 16.5. The molecule has 3 nitrogen and oxygen atoms in total. The average Bonchev–Trinajstić information content (AvgIpc) is 2.21. The predicted molar refractivity (Wildman–Crippen MR) is 52.0 cm³/mol. The molecule has 0 aliphatic heterocycles. The van der Waals surface area contributed by atoms with Crippen LogP contribution in [0.2, 0.25) is 0 Å². The number of carbonyl (C=O) groups is 1. The van der Waals surface area contributed by atoms with Gasteiger partial charge in [0.15, 0.2) is 0 Å². The van der Waals surface area contributed by atoms with Crippen LogP contribution in [-0.4, -0.2) is 18.1 Å². The van der Waals surface area contributed by atoms with Gasteiger partial charge in [0.2, 0.25) is 0 Å². The smallest absolute Gasteiger partial charge is 0.293 e. The van der Waals surface area contributed by atoms with Crippen molar-refractivity contribution < 1.29 is 9.53 Å². The summed E-state index contributed by atoms with van der Waals surface area (Å²) in [6, 6.07) is 5.73. The Morgan fingerprint density at radius 2 is 2.38 bits per heavy atom. The summed E-state index contributed by atoms with van der Waals surface area (Å²) in [6.07, 6.45) is 3.47. The first-order valence-corrected chi connectivity index (χ1v) is 3.93. The molecule has 0 atom stereocenters. The third kappa shape index (κ3) is 6.75. The molecule has 70 valence electrons. The number of carbonyl (C=O) groups excluding carboxylic acids is 1. The van der Waals surface area contributed by atoms with Crippen molar-refractivity contribution in [2.24, 2.45) is 0 Å². The van der Waals surface area contributed by atoms with E-state index in [-0.39, 0.29) is 0 Å². The molecule has 0 fully saturated rings. The molecule has 0 aliphatic rings. The monoisotopic (exact) mass is 179 g/mol. The van der Waals surface area contributed by atoms with E-state index in [0.717, 1.165) is 5.69 Å². The van der Waals surface area contributed by atoms with Crippen molar-refractivity contribution in [2.75, 3.05) is 6.61 Å². The lowest BCUT2D eigenvalue weighted by molar-refractivity contribution is -0.128. The summed E-state index contributed by atoms with van der Waals surface area (Å²) < 4.78 is 4.15. The van der Waals surface area contributed by atoms with Crippen molar-refractivity contribution in [3.05, 3.63) is 36.7 Å². The topological polar surface area (TPSA) is 39.2 Å². The fourth-order valence-electron chi connectivity index (χ4n) is 0.565. The van der Waals surface area contributed by atoms with Crippen LogP contribution in [0.15, 0.2) is 31.0 Å². The van der Waals surface area contributed by atoms with Gasteiger partial charge in [-0.3, -0.25) is 9.78 Å². The van der Waals surface area contributed by atoms with Crippen molar-refractivity contribution in [3.8, 4) is 0 Å². The van der Waals surface area contributed by atoms with Gasteiger partial charge in [0, 0.05) is 6.20 Å². The Morgan fingerprint density at radius 1 is 1.62 bits per heavy atom. The first-order valence-electron chi connectivity index (χ1n) is 3.93. The fraction of sp³-hybridized carbons (Fsp3) is 0.200. The lowest BCUT2D eigenvalue weighted by atomic mass is 10.4. The second-order valence-corrected chi connectivity index (χ2v) is 2.01. The summed E-state index contributed by atoms with van der Waals surface area (Å²) in [5, 5.41) is 0. The molecule has 0 bridgehead atoms. The number of ether oxygens (including phenoxy) is 1. The molecule has 1 aromatic rings. The summed E-state index contributed by atoms with van der Waals surface area (Å²) in [5.74, 6) is 0. The number of rotatable bonds is 3. The van der Waals surface area contributed by atoms with Crippen molar-refractivity contribution >= 4 is 12.5 Å².